The summed E-state index contributed by atoms with van der Waals surface area (Å²) in [6, 6.07) is 8.14. The molecule has 0 bridgehead atoms. The molecule has 2 aromatic carbocycles. The maximum Gasteiger partial charge on any atom is 0.416 e. The Morgan fingerprint density at radius 2 is 1.86 bits per heavy atom. The monoisotopic (exact) mass is 412 g/mol. The Bertz CT molecular complexity index is 888. The van der Waals surface area contributed by atoms with Crippen molar-refractivity contribution in [3.05, 3.63) is 63.2 Å². The number of nitro groups is 1. The third-order valence-electron chi connectivity index (χ3n) is 4.10. The van der Waals surface area contributed by atoms with Crippen molar-refractivity contribution in [1.82, 2.24) is 5.32 Å². The van der Waals surface area contributed by atoms with Gasteiger partial charge in [-0.3, -0.25) is 10.1 Å². The zero-order chi connectivity index (χ0) is 20.9. The number of benzene rings is 2. The molecule has 0 heterocycles. The first-order valence-corrected chi connectivity index (χ1v) is 8.71. The second-order valence-corrected chi connectivity index (χ2v) is 6.45. The molecule has 0 saturated carbocycles. The van der Waals surface area contributed by atoms with E-state index in [0.717, 1.165) is 28.9 Å². The second kappa shape index (κ2) is 8.87. The van der Waals surface area contributed by atoms with Crippen LogP contribution in [0.3, 0.4) is 0 Å². The van der Waals surface area contributed by atoms with E-state index in [0.29, 0.717) is 17.7 Å². The highest BCUT2D eigenvalue weighted by Gasteiger charge is 2.32. The van der Waals surface area contributed by atoms with Crippen molar-refractivity contribution in [3.8, 4) is 0 Å². The summed E-state index contributed by atoms with van der Waals surface area (Å²) in [5.41, 5.74) is 1.35. The van der Waals surface area contributed by atoms with Gasteiger partial charge in [0.2, 0.25) is 0 Å². The second-order valence-electron chi connectivity index (χ2n) is 6.04. The summed E-state index contributed by atoms with van der Waals surface area (Å²) < 4.78 is 38.1. The van der Waals surface area contributed by atoms with Crippen LogP contribution in [-0.2, 0) is 6.18 Å². The maximum atomic E-state index is 12.7. The molecule has 0 aliphatic heterocycles. The number of hydrogen-bond acceptors (Lipinski definition) is 4. The van der Waals surface area contributed by atoms with Gasteiger partial charge >= 0.3 is 6.18 Å². The number of thiocarbonyl (C=S) groups is 1. The molecule has 0 aromatic heterocycles. The van der Waals surface area contributed by atoms with Gasteiger partial charge in [0.25, 0.3) is 5.69 Å². The molecule has 0 aliphatic rings. The van der Waals surface area contributed by atoms with Gasteiger partial charge in [0.1, 0.15) is 5.69 Å². The summed E-state index contributed by atoms with van der Waals surface area (Å²) in [5, 5.41) is 20.2. The predicted octanol–water partition coefficient (Wildman–Crippen LogP) is 4.63. The van der Waals surface area contributed by atoms with Crippen molar-refractivity contribution in [1.29, 1.82) is 0 Å². The number of nitro benzene ring substituents is 1. The number of rotatable bonds is 6. The first-order valence-electron chi connectivity index (χ1n) is 8.30. The lowest BCUT2D eigenvalue weighted by atomic mass is 10.1. The number of nitrogens with zero attached hydrogens (tertiary/aromatic N) is 1. The Labute approximate surface area is 165 Å². The van der Waals surface area contributed by atoms with Gasteiger partial charge in [-0.2, -0.15) is 13.2 Å². The molecule has 6 nitrogen and oxygen atoms in total. The molecule has 0 atom stereocenters. The number of aryl methyl sites for hydroxylation is 1. The van der Waals surface area contributed by atoms with E-state index >= 15 is 0 Å². The van der Waals surface area contributed by atoms with Crippen LogP contribution >= 0.6 is 12.2 Å². The van der Waals surface area contributed by atoms with E-state index in [2.05, 4.69) is 16.0 Å². The molecule has 28 heavy (non-hydrogen) atoms. The lowest BCUT2D eigenvalue weighted by molar-refractivity contribution is -0.384. The first kappa shape index (κ1) is 21.4. The van der Waals surface area contributed by atoms with Crippen LogP contribution in [0.1, 0.15) is 16.7 Å². The summed E-state index contributed by atoms with van der Waals surface area (Å²) in [5.74, 6) is 0. The summed E-state index contributed by atoms with van der Waals surface area (Å²) in [4.78, 5) is 10.2. The molecular formula is C18H19F3N4O2S. The normalized spacial score (nSPS) is 11.0. The van der Waals surface area contributed by atoms with Gasteiger partial charge in [-0.1, -0.05) is 12.1 Å². The molecule has 0 fully saturated rings. The predicted molar refractivity (Wildman–Crippen MR) is 107 cm³/mol. The van der Waals surface area contributed by atoms with Gasteiger partial charge in [-0.05, 0) is 55.4 Å². The summed E-state index contributed by atoms with van der Waals surface area (Å²) in [6.07, 6.45) is -4.64. The van der Waals surface area contributed by atoms with Crippen LogP contribution in [0.15, 0.2) is 36.4 Å². The third kappa shape index (κ3) is 5.56. The minimum atomic E-state index is -4.64. The fourth-order valence-electron chi connectivity index (χ4n) is 2.43. The Hall–Kier alpha value is -2.88. The van der Waals surface area contributed by atoms with Gasteiger partial charge in [-0.15, -0.1) is 0 Å². The fraction of sp³-hybridized carbons (Fsp3) is 0.278. The van der Waals surface area contributed by atoms with E-state index in [4.69, 9.17) is 12.2 Å². The zero-order valence-electron chi connectivity index (χ0n) is 15.2. The van der Waals surface area contributed by atoms with Crippen molar-refractivity contribution in [2.45, 2.75) is 20.0 Å². The van der Waals surface area contributed by atoms with E-state index in [9.17, 15) is 23.3 Å². The molecule has 0 radical (unpaired) electrons. The van der Waals surface area contributed by atoms with Crippen molar-refractivity contribution in [2.75, 3.05) is 23.7 Å². The van der Waals surface area contributed by atoms with Crippen molar-refractivity contribution in [2.24, 2.45) is 0 Å². The van der Waals surface area contributed by atoms with Crippen LogP contribution in [0.25, 0.3) is 0 Å². The Kier molecular flexibility index (Phi) is 6.79. The Morgan fingerprint density at radius 1 is 1.14 bits per heavy atom. The topological polar surface area (TPSA) is 79.2 Å². The smallest absolute Gasteiger partial charge is 0.378 e. The van der Waals surface area contributed by atoms with Crippen LogP contribution < -0.4 is 16.0 Å². The molecule has 0 aliphatic carbocycles. The minimum absolute atomic E-state index is 0.00760. The van der Waals surface area contributed by atoms with Crippen LogP contribution in [0.5, 0.6) is 0 Å². The third-order valence-corrected chi connectivity index (χ3v) is 4.35. The van der Waals surface area contributed by atoms with Gasteiger partial charge < -0.3 is 16.0 Å². The van der Waals surface area contributed by atoms with Crippen molar-refractivity contribution >= 4 is 34.4 Å². The first-order chi connectivity index (χ1) is 13.1. The Balaban J connectivity index is 1.92. The molecule has 10 heteroatoms. The van der Waals surface area contributed by atoms with E-state index < -0.39 is 22.4 Å². The number of hydrogen-bond donors (Lipinski definition) is 3. The maximum absolute atomic E-state index is 12.7. The van der Waals surface area contributed by atoms with E-state index in [1.165, 1.54) is 0 Å². The van der Waals surface area contributed by atoms with Gasteiger partial charge in [0.15, 0.2) is 5.11 Å². The highest BCUT2D eigenvalue weighted by Crippen LogP contribution is 2.34. The molecule has 3 N–H and O–H groups in total. The van der Waals surface area contributed by atoms with Gasteiger partial charge in [0.05, 0.1) is 10.5 Å². The minimum Gasteiger partial charge on any atom is -0.378 e. The molecular weight excluding hydrogens is 393 g/mol. The zero-order valence-corrected chi connectivity index (χ0v) is 16.0. The van der Waals surface area contributed by atoms with Gasteiger partial charge in [0, 0.05) is 24.8 Å². The van der Waals surface area contributed by atoms with E-state index in [1.807, 2.05) is 32.0 Å². The average molecular weight is 412 g/mol. The lowest BCUT2D eigenvalue weighted by Crippen LogP contribution is -2.32. The lowest BCUT2D eigenvalue weighted by Gasteiger charge is -2.14. The van der Waals surface area contributed by atoms with Crippen LogP contribution in [-0.4, -0.2) is 23.1 Å². The highest BCUT2D eigenvalue weighted by atomic mass is 32.1. The number of halogens is 3. The van der Waals surface area contributed by atoms with Crippen molar-refractivity contribution < 1.29 is 18.1 Å². The molecule has 0 saturated heterocycles. The molecule has 0 amide bonds. The van der Waals surface area contributed by atoms with Crippen LogP contribution in [0, 0.1) is 24.0 Å². The van der Waals surface area contributed by atoms with E-state index in [1.54, 1.807) is 0 Å². The summed E-state index contributed by atoms with van der Waals surface area (Å²) >= 11 is 5.21. The number of alkyl halides is 3. The highest BCUT2D eigenvalue weighted by molar-refractivity contribution is 7.80. The van der Waals surface area contributed by atoms with E-state index in [-0.39, 0.29) is 12.2 Å². The standard InChI is InChI=1S/C18H19F3N4O2S/c1-11-4-3-5-14(12(11)2)24-17(28)23-9-8-22-15-7-6-13(18(19,20)21)10-16(15)25(26)27/h3-7,10,22H,8-9H2,1-2H3,(H2,23,24,28). The van der Waals surface area contributed by atoms with Crippen LogP contribution in [0.4, 0.5) is 30.2 Å². The SMILES string of the molecule is Cc1cccc(NC(=S)NCCNc2ccc(C(F)(F)F)cc2[N+](=O)[O-])c1C. The Morgan fingerprint density at radius 3 is 2.50 bits per heavy atom. The van der Waals surface area contributed by atoms with Crippen LogP contribution in [0.2, 0.25) is 0 Å². The summed E-state index contributed by atoms with van der Waals surface area (Å²) in [6.45, 7) is 4.49. The van der Waals surface area contributed by atoms with Crippen molar-refractivity contribution in [3.63, 3.8) is 0 Å². The van der Waals surface area contributed by atoms with Gasteiger partial charge in [-0.25, -0.2) is 0 Å². The molecule has 2 rings (SSSR count). The molecule has 0 unspecified atom stereocenters. The molecule has 0 spiro atoms. The number of anilines is 2. The largest absolute Gasteiger partial charge is 0.416 e. The fourth-order valence-corrected chi connectivity index (χ4v) is 2.65. The average Bonchev–Trinajstić information content (AvgIpc) is 2.61. The molecule has 2 aromatic rings. The number of nitrogens with one attached hydrogen (secondary N) is 3. The summed E-state index contributed by atoms with van der Waals surface area (Å²) in [7, 11) is 0. The molecule has 150 valence electrons. The quantitative estimate of drug-likeness (QED) is 0.278.